The molecule has 2 aromatic carbocycles. The quantitative estimate of drug-likeness (QED) is 0.937. The predicted molar refractivity (Wildman–Crippen MR) is 79.4 cm³/mol. The van der Waals surface area contributed by atoms with Crippen LogP contribution in [0.5, 0.6) is 11.5 Å². The summed E-state index contributed by atoms with van der Waals surface area (Å²) in [6.45, 7) is 1.67. The van der Waals surface area contributed by atoms with E-state index in [-0.39, 0.29) is 0 Å². The van der Waals surface area contributed by atoms with Crippen LogP contribution in [0, 0.1) is 11.3 Å². The van der Waals surface area contributed by atoms with E-state index in [0.717, 1.165) is 0 Å². The number of aliphatic hydroxyl groups is 1. The summed E-state index contributed by atoms with van der Waals surface area (Å²) in [5, 5.41) is 20.0. The van der Waals surface area contributed by atoms with Gasteiger partial charge in [0.15, 0.2) is 0 Å². The van der Waals surface area contributed by atoms with E-state index in [0.29, 0.717) is 28.2 Å². The molecule has 4 heteroatoms. The van der Waals surface area contributed by atoms with Crippen molar-refractivity contribution in [1.29, 1.82) is 5.26 Å². The van der Waals surface area contributed by atoms with Crippen molar-refractivity contribution in [3.63, 3.8) is 0 Å². The summed E-state index contributed by atoms with van der Waals surface area (Å²) in [5.41, 5.74) is 0.398. The molecule has 1 N–H and O–H groups in total. The topological polar surface area (TPSA) is 62.5 Å². The molecule has 0 radical (unpaired) electrons. The van der Waals surface area contributed by atoms with Crippen LogP contribution >= 0.6 is 0 Å². The molecule has 108 valence electrons. The Labute approximate surface area is 124 Å². The molecule has 0 saturated carbocycles. The molecular formula is C17H17NO3. The van der Waals surface area contributed by atoms with Gasteiger partial charge in [-0.05, 0) is 42.8 Å². The summed E-state index contributed by atoms with van der Waals surface area (Å²) in [7, 11) is 3.11. The molecule has 0 amide bonds. The summed E-state index contributed by atoms with van der Waals surface area (Å²) >= 11 is 0. The molecule has 0 fully saturated rings. The molecule has 0 aliphatic heterocycles. The fraction of sp³-hybridized carbons (Fsp3) is 0.235. The fourth-order valence-electron chi connectivity index (χ4n) is 2.24. The van der Waals surface area contributed by atoms with Crippen LogP contribution in [-0.2, 0) is 5.60 Å². The van der Waals surface area contributed by atoms with Crippen molar-refractivity contribution in [3.05, 3.63) is 59.2 Å². The summed E-state index contributed by atoms with van der Waals surface area (Å²) in [6, 6.07) is 14.2. The maximum atomic E-state index is 11.0. The molecule has 4 nitrogen and oxygen atoms in total. The third-order valence-electron chi connectivity index (χ3n) is 3.48. The lowest BCUT2D eigenvalue weighted by molar-refractivity contribution is 0.0986. The second-order valence-corrected chi connectivity index (χ2v) is 4.83. The minimum absolute atomic E-state index is 0.495. The van der Waals surface area contributed by atoms with E-state index in [9.17, 15) is 5.11 Å². The van der Waals surface area contributed by atoms with Crippen LogP contribution in [0.3, 0.4) is 0 Å². The number of hydrogen-bond donors (Lipinski definition) is 1. The smallest absolute Gasteiger partial charge is 0.125 e. The number of methoxy groups -OCH3 is 2. The number of ether oxygens (including phenoxy) is 2. The number of nitriles is 1. The molecule has 0 heterocycles. The van der Waals surface area contributed by atoms with Gasteiger partial charge < -0.3 is 14.6 Å². The predicted octanol–water partition coefficient (Wildman–Crippen LogP) is 2.83. The molecule has 1 atom stereocenters. The Bertz CT molecular complexity index is 687. The Hall–Kier alpha value is -2.51. The van der Waals surface area contributed by atoms with Gasteiger partial charge in [-0.2, -0.15) is 5.26 Å². The molecule has 0 bridgehead atoms. The SMILES string of the molecule is COc1ccc(OC)c(C(C)(O)c2cccc(C#N)c2)c1. The van der Waals surface area contributed by atoms with Crippen LogP contribution in [0.4, 0.5) is 0 Å². The van der Waals surface area contributed by atoms with E-state index in [1.165, 1.54) is 0 Å². The van der Waals surface area contributed by atoms with Crippen LogP contribution < -0.4 is 9.47 Å². The lowest BCUT2D eigenvalue weighted by atomic mass is 9.86. The van der Waals surface area contributed by atoms with Gasteiger partial charge in [0.25, 0.3) is 0 Å². The standard InChI is InChI=1S/C17H17NO3/c1-17(19,13-6-4-5-12(9-13)11-18)15-10-14(20-2)7-8-16(15)21-3/h4-10,19H,1-3H3. The van der Waals surface area contributed by atoms with Gasteiger partial charge in [0.2, 0.25) is 0 Å². The molecule has 0 aliphatic carbocycles. The molecule has 2 aromatic rings. The van der Waals surface area contributed by atoms with E-state index in [2.05, 4.69) is 6.07 Å². The first-order chi connectivity index (χ1) is 10.0. The zero-order valence-corrected chi connectivity index (χ0v) is 12.3. The highest BCUT2D eigenvalue weighted by atomic mass is 16.5. The number of nitrogens with zero attached hydrogens (tertiary/aromatic N) is 1. The average Bonchev–Trinajstić information content (AvgIpc) is 2.54. The van der Waals surface area contributed by atoms with Gasteiger partial charge in [0.05, 0.1) is 25.9 Å². The van der Waals surface area contributed by atoms with Crippen molar-refractivity contribution in [3.8, 4) is 17.6 Å². The Balaban J connectivity index is 2.59. The lowest BCUT2D eigenvalue weighted by Gasteiger charge is -2.27. The van der Waals surface area contributed by atoms with Gasteiger partial charge in [0, 0.05) is 5.56 Å². The summed E-state index contributed by atoms with van der Waals surface area (Å²) < 4.78 is 10.5. The number of benzene rings is 2. The van der Waals surface area contributed by atoms with Crippen molar-refractivity contribution in [2.45, 2.75) is 12.5 Å². The number of hydrogen-bond acceptors (Lipinski definition) is 4. The average molecular weight is 283 g/mol. The first-order valence-corrected chi connectivity index (χ1v) is 6.48. The van der Waals surface area contributed by atoms with Gasteiger partial charge in [-0.25, -0.2) is 0 Å². The maximum Gasteiger partial charge on any atom is 0.125 e. The highest BCUT2D eigenvalue weighted by molar-refractivity contribution is 5.49. The molecular weight excluding hydrogens is 266 g/mol. The van der Waals surface area contributed by atoms with E-state index >= 15 is 0 Å². The monoisotopic (exact) mass is 283 g/mol. The van der Waals surface area contributed by atoms with Crippen LogP contribution in [0.2, 0.25) is 0 Å². The lowest BCUT2D eigenvalue weighted by Crippen LogP contribution is -2.23. The van der Waals surface area contributed by atoms with Gasteiger partial charge >= 0.3 is 0 Å². The van der Waals surface area contributed by atoms with Crippen LogP contribution in [0.25, 0.3) is 0 Å². The van der Waals surface area contributed by atoms with E-state index < -0.39 is 5.60 Å². The first kappa shape index (κ1) is 14.9. The molecule has 0 spiro atoms. The third kappa shape index (κ3) is 2.83. The zero-order valence-electron chi connectivity index (χ0n) is 12.3. The molecule has 0 aromatic heterocycles. The minimum atomic E-state index is -1.30. The van der Waals surface area contributed by atoms with Crippen molar-refractivity contribution in [1.82, 2.24) is 0 Å². The van der Waals surface area contributed by atoms with Crippen molar-refractivity contribution < 1.29 is 14.6 Å². The van der Waals surface area contributed by atoms with Gasteiger partial charge in [-0.1, -0.05) is 12.1 Å². The first-order valence-electron chi connectivity index (χ1n) is 6.48. The highest BCUT2D eigenvalue weighted by Gasteiger charge is 2.29. The van der Waals surface area contributed by atoms with Gasteiger partial charge in [0.1, 0.15) is 17.1 Å². The van der Waals surface area contributed by atoms with Crippen molar-refractivity contribution in [2.24, 2.45) is 0 Å². The molecule has 2 rings (SSSR count). The van der Waals surface area contributed by atoms with Crippen LogP contribution in [0.1, 0.15) is 23.6 Å². The summed E-state index contributed by atoms with van der Waals surface area (Å²) in [6.07, 6.45) is 0. The minimum Gasteiger partial charge on any atom is -0.497 e. The fourth-order valence-corrected chi connectivity index (χ4v) is 2.24. The molecule has 21 heavy (non-hydrogen) atoms. The van der Waals surface area contributed by atoms with Crippen molar-refractivity contribution in [2.75, 3.05) is 14.2 Å². The Morgan fingerprint density at radius 3 is 2.48 bits per heavy atom. The molecule has 0 aliphatic rings. The highest BCUT2D eigenvalue weighted by Crippen LogP contribution is 2.37. The van der Waals surface area contributed by atoms with Crippen LogP contribution in [0.15, 0.2) is 42.5 Å². The normalized spacial score (nSPS) is 13.1. The Morgan fingerprint density at radius 1 is 1.10 bits per heavy atom. The second-order valence-electron chi connectivity index (χ2n) is 4.83. The third-order valence-corrected chi connectivity index (χ3v) is 3.48. The summed E-state index contributed by atoms with van der Waals surface area (Å²) in [5.74, 6) is 1.19. The van der Waals surface area contributed by atoms with Crippen LogP contribution in [-0.4, -0.2) is 19.3 Å². The molecule has 1 unspecified atom stereocenters. The second kappa shape index (κ2) is 5.86. The van der Waals surface area contributed by atoms with Gasteiger partial charge in [-0.3, -0.25) is 0 Å². The van der Waals surface area contributed by atoms with Crippen molar-refractivity contribution >= 4 is 0 Å². The zero-order chi connectivity index (χ0) is 15.5. The Morgan fingerprint density at radius 2 is 1.86 bits per heavy atom. The van der Waals surface area contributed by atoms with E-state index in [4.69, 9.17) is 14.7 Å². The largest absolute Gasteiger partial charge is 0.497 e. The molecule has 0 saturated heterocycles. The summed E-state index contributed by atoms with van der Waals surface area (Å²) in [4.78, 5) is 0. The van der Waals surface area contributed by atoms with E-state index in [1.54, 1.807) is 63.6 Å². The van der Waals surface area contributed by atoms with Gasteiger partial charge in [-0.15, -0.1) is 0 Å². The maximum absolute atomic E-state index is 11.0. The van der Waals surface area contributed by atoms with E-state index in [1.807, 2.05) is 0 Å². The Kier molecular flexibility index (Phi) is 4.15. The number of rotatable bonds is 4.